The molecule has 286 valence electrons. The number of hydrogen-bond donors (Lipinski definition) is 2. The van der Waals surface area contributed by atoms with E-state index in [1.807, 2.05) is 0 Å². The number of ether oxygens (including phenoxy) is 6. The maximum Gasteiger partial charge on any atom is 0.509 e. The quantitative estimate of drug-likeness (QED) is 0.219. The van der Waals surface area contributed by atoms with Crippen molar-refractivity contribution in [3.63, 3.8) is 0 Å². The van der Waals surface area contributed by atoms with Crippen molar-refractivity contribution in [1.82, 2.24) is 0 Å². The van der Waals surface area contributed by atoms with Crippen LogP contribution in [0, 0.1) is 22.7 Å². The number of Topliss-reactive ketones (excluding diaryl/α,β-unsaturated/α-hetero) is 1. The zero-order chi connectivity index (χ0) is 39.0. The SMILES string of the molecule is CC(=O)OC1=C2C(C)[C@@H](O)C[C@@](O)([C@@H](OC(=O)c3ccccc3)[C@@H]3[C@]4(OC(C)=O)CO[C@@H]4C[C@H](OC(=O)OC(C)(C)C(Cl)(Cl)Cl)[C@@]3(C)C1=O)C2(C)C. The van der Waals surface area contributed by atoms with Gasteiger partial charge in [0.2, 0.25) is 9.58 Å². The first-order valence-electron chi connectivity index (χ1n) is 16.8. The number of esters is 3. The minimum absolute atomic E-state index is 0.0570. The first-order chi connectivity index (χ1) is 23.8. The molecule has 9 atom stereocenters. The van der Waals surface area contributed by atoms with Crippen molar-refractivity contribution < 1.29 is 62.6 Å². The lowest BCUT2D eigenvalue weighted by Gasteiger charge is -2.67. The molecule has 2 bridgehead atoms. The molecule has 0 amide bonds. The van der Waals surface area contributed by atoms with E-state index in [4.69, 9.17) is 63.2 Å². The summed E-state index contributed by atoms with van der Waals surface area (Å²) in [6.07, 6.45) is -7.80. The molecule has 1 aliphatic heterocycles. The van der Waals surface area contributed by atoms with Gasteiger partial charge in [0.25, 0.3) is 0 Å². The third kappa shape index (κ3) is 6.28. The Labute approximate surface area is 316 Å². The van der Waals surface area contributed by atoms with E-state index in [1.54, 1.807) is 39.0 Å². The molecule has 16 heteroatoms. The van der Waals surface area contributed by atoms with Gasteiger partial charge >= 0.3 is 24.1 Å². The Morgan fingerprint density at radius 2 is 1.60 bits per heavy atom. The summed E-state index contributed by atoms with van der Waals surface area (Å²) in [5.41, 5.74) is -9.34. The summed E-state index contributed by atoms with van der Waals surface area (Å²) in [5.74, 6) is -6.48. The van der Waals surface area contributed by atoms with Gasteiger partial charge in [-0.1, -0.05) is 73.8 Å². The van der Waals surface area contributed by atoms with E-state index in [2.05, 4.69) is 0 Å². The number of alkyl halides is 3. The number of rotatable bonds is 6. The third-order valence-corrected chi connectivity index (χ3v) is 12.8. The van der Waals surface area contributed by atoms with Gasteiger partial charge in [0, 0.05) is 38.0 Å². The molecule has 0 radical (unpaired) electrons. The summed E-state index contributed by atoms with van der Waals surface area (Å²) in [4.78, 5) is 68.7. The van der Waals surface area contributed by atoms with Gasteiger partial charge in [-0.05, 0) is 38.5 Å². The lowest BCUT2D eigenvalue weighted by Crippen LogP contribution is -2.81. The van der Waals surface area contributed by atoms with Crippen LogP contribution in [-0.4, -0.2) is 91.7 Å². The van der Waals surface area contributed by atoms with Gasteiger partial charge in [-0.2, -0.15) is 0 Å². The van der Waals surface area contributed by atoms with Crippen molar-refractivity contribution in [3.8, 4) is 0 Å². The van der Waals surface area contributed by atoms with Gasteiger partial charge in [-0.15, -0.1) is 0 Å². The summed E-state index contributed by atoms with van der Waals surface area (Å²) in [7, 11) is 0. The molecule has 2 N–H and O–H groups in total. The lowest BCUT2D eigenvalue weighted by atomic mass is 9.45. The number of aliphatic hydroxyl groups excluding tert-OH is 1. The average Bonchev–Trinajstić information content (AvgIpc) is 3.01. The molecule has 1 aromatic carbocycles. The van der Waals surface area contributed by atoms with Crippen molar-refractivity contribution >= 4 is 64.6 Å². The van der Waals surface area contributed by atoms with Crippen LogP contribution in [0.3, 0.4) is 0 Å². The zero-order valence-corrected chi connectivity index (χ0v) is 32.3. The summed E-state index contributed by atoms with van der Waals surface area (Å²) < 4.78 is 33.2. The predicted molar refractivity (Wildman–Crippen MR) is 184 cm³/mol. The molecule has 1 unspecified atom stereocenters. The topological polar surface area (TPSA) is 181 Å². The Morgan fingerprint density at radius 1 is 0.981 bits per heavy atom. The van der Waals surface area contributed by atoms with Crippen molar-refractivity contribution in [2.24, 2.45) is 22.7 Å². The summed E-state index contributed by atoms with van der Waals surface area (Å²) in [5, 5.41) is 24.7. The number of allylic oxidation sites excluding steroid dienone is 1. The summed E-state index contributed by atoms with van der Waals surface area (Å²) in [6.45, 7) is 10.7. The van der Waals surface area contributed by atoms with Crippen LogP contribution >= 0.6 is 34.8 Å². The fourth-order valence-electron chi connectivity index (χ4n) is 8.45. The van der Waals surface area contributed by atoms with Crippen LogP contribution in [0.2, 0.25) is 0 Å². The van der Waals surface area contributed by atoms with Crippen LogP contribution in [0.15, 0.2) is 41.7 Å². The van der Waals surface area contributed by atoms with E-state index in [-0.39, 0.29) is 24.2 Å². The molecule has 3 aliphatic carbocycles. The highest BCUT2D eigenvalue weighted by Gasteiger charge is 2.78. The van der Waals surface area contributed by atoms with Gasteiger partial charge in [-0.3, -0.25) is 14.4 Å². The zero-order valence-electron chi connectivity index (χ0n) is 30.0. The number of aliphatic hydroxyl groups is 2. The van der Waals surface area contributed by atoms with Gasteiger partial charge in [0.1, 0.15) is 23.9 Å². The number of ketones is 1. The van der Waals surface area contributed by atoms with Crippen LogP contribution in [0.4, 0.5) is 4.79 Å². The molecule has 5 rings (SSSR count). The van der Waals surface area contributed by atoms with Crippen molar-refractivity contribution in [1.29, 1.82) is 0 Å². The molecule has 1 aromatic rings. The molecule has 0 spiro atoms. The minimum Gasteiger partial charge on any atom is -0.455 e. The minimum atomic E-state index is -2.26. The first kappa shape index (κ1) is 40.2. The highest BCUT2D eigenvalue weighted by atomic mass is 35.6. The maximum absolute atomic E-state index is 15.5. The molecule has 3 fully saturated rings. The number of fused-ring (bicyclic) bond motifs is 5. The smallest absolute Gasteiger partial charge is 0.455 e. The Kier molecular flexibility index (Phi) is 10.4. The molecular formula is C36H43Cl3O13. The third-order valence-electron chi connectivity index (χ3n) is 11.4. The van der Waals surface area contributed by atoms with E-state index in [9.17, 15) is 29.4 Å². The number of halogens is 3. The van der Waals surface area contributed by atoms with Gasteiger partial charge in [-0.25, -0.2) is 9.59 Å². The van der Waals surface area contributed by atoms with Crippen molar-refractivity contribution in [2.45, 2.75) is 113 Å². The van der Waals surface area contributed by atoms with Crippen LogP contribution in [0.5, 0.6) is 0 Å². The van der Waals surface area contributed by atoms with Crippen LogP contribution < -0.4 is 0 Å². The maximum atomic E-state index is 15.5. The summed E-state index contributed by atoms with van der Waals surface area (Å²) in [6, 6.07) is 7.86. The number of hydrogen-bond acceptors (Lipinski definition) is 13. The van der Waals surface area contributed by atoms with Gasteiger partial charge in [0.05, 0.1) is 29.6 Å². The van der Waals surface area contributed by atoms with E-state index < -0.39 is 110 Å². The fourth-order valence-corrected chi connectivity index (χ4v) is 8.57. The lowest BCUT2D eigenvalue weighted by molar-refractivity contribution is -0.345. The molecular weight excluding hydrogens is 747 g/mol. The Bertz CT molecular complexity index is 1690. The molecule has 0 aromatic heterocycles. The Hall–Kier alpha value is -2.94. The highest BCUT2D eigenvalue weighted by Crippen LogP contribution is 2.65. The second-order valence-corrected chi connectivity index (χ2v) is 17.6. The monoisotopic (exact) mass is 788 g/mol. The average molecular weight is 790 g/mol. The molecule has 52 heavy (non-hydrogen) atoms. The van der Waals surface area contributed by atoms with Crippen LogP contribution in [0.25, 0.3) is 0 Å². The largest absolute Gasteiger partial charge is 0.509 e. The predicted octanol–water partition coefficient (Wildman–Crippen LogP) is 5.17. The first-order valence-corrected chi connectivity index (χ1v) is 17.9. The Morgan fingerprint density at radius 3 is 2.12 bits per heavy atom. The van der Waals surface area contributed by atoms with E-state index in [0.29, 0.717) is 0 Å². The van der Waals surface area contributed by atoms with Gasteiger partial charge in [0.15, 0.2) is 17.0 Å². The molecule has 1 heterocycles. The molecule has 4 aliphatic rings. The number of carbonyl (C=O) groups excluding carboxylic acids is 5. The van der Waals surface area contributed by atoms with Crippen molar-refractivity contribution in [2.75, 3.05) is 6.61 Å². The van der Waals surface area contributed by atoms with Crippen LogP contribution in [0.1, 0.15) is 78.6 Å². The standard InChI is InChI=1S/C36H43Cl3O13/c1-17-21(42)15-35(46)28(50-29(44)20-12-10-9-11-13-20)26-33(8,27(43)25(48-18(2)40)24(17)31(35,4)5)22(14-23-34(26,16-47-23)51-19(3)41)49-30(45)52-32(6,7)36(37,38)39/h9-13,17,21-23,26,28,42,46H,14-16H2,1-8H3/t17?,21-,22-,23+,26-,28-,33+,34-,35+/m0/s1. The van der Waals surface area contributed by atoms with E-state index in [0.717, 1.165) is 13.8 Å². The van der Waals surface area contributed by atoms with Gasteiger partial charge < -0.3 is 38.6 Å². The molecule has 1 saturated heterocycles. The fraction of sp³-hybridized carbons (Fsp3) is 0.639. The number of benzene rings is 1. The molecule has 13 nitrogen and oxygen atoms in total. The van der Waals surface area contributed by atoms with E-state index >= 15 is 4.79 Å². The molecule has 2 saturated carbocycles. The second kappa shape index (κ2) is 13.4. The second-order valence-electron chi connectivity index (χ2n) is 15.3. The van der Waals surface area contributed by atoms with Crippen LogP contribution in [-0.2, 0) is 42.8 Å². The number of carbonyl (C=O) groups is 5. The normalized spacial score (nSPS) is 35.4. The Balaban J connectivity index is 1.84. The highest BCUT2D eigenvalue weighted by molar-refractivity contribution is 6.68. The van der Waals surface area contributed by atoms with Crippen molar-refractivity contribution in [3.05, 3.63) is 47.2 Å². The van der Waals surface area contributed by atoms with E-state index in [1.165, 1.54) is 32.9 Å². The summed E-state index contributed by atoms with van der Waals surface area (Å²) >= 11 is 18.2.